The molecule has 0 amide bonds. The third kappa shape index (κ3) is 9.47. The summed E-state index contributed by atoms with van der Waals surface area (Å²) >= 11 is 0. The molecule has 9 heteroatoms. The molecule has 2 rings (SSSR count). The van der Waals surface area contributed by atoms with Crippen LogP contribution in [0.3, 0.4) is 0 Å². The van der Waals surface area contributed by atoms with Gasteiger partial charge in [-0.1, -0.05) is 31.8 Å². The zero-order valence-corrected chi connectivity index (χ0v) is 25.1. The molecule has 1 aromatic rings. The molecule has 0 bridgehead atoms. The maximum Gasteiger partial charge on any atom is 0.342 e. The van der Waals surface area contributed by atoms with Gasteiger partial charge in [-0.2, -0.15) is 0 Å². The summed E-state index contributed by atoms with van der Waals surface area (Å²) in [4.78, 5) is 25.3. The van der Waals surface area contributed by atoms with Crippen molar-refractivity contribution in [3.63, 3.8) is 0 Å². The van der Waals surface area contributed by atoms with Crippen molar-refractivity contribution in [2.24, 2.45) is 5.41 Å². The van der Waals surface area contributed by atoms with Gasteiger partial charge in [-0.3, -0.25) is 4.79 Å². The molecule has 0 N–H and O–H groups in total. The molecule has 1 aliphatic rings. The predicted molar refractivity (Wildman–Crippen MR) is 146 cm³/mol. The monoisotopic (exact) mass is 536 g/mol. The van der Waals surface area contributed by atoms with E-state index in [9.17, 15) is 9.59 Å². The molecule has 2 atom stereocenters. The summed E-state index contributed by atoms with van der Waals surface area (Å²) in [6.07, 6.45) is 3.45. The van der Waals surface area contributed by atoms with Crippen molar-refractivity contribution >= 4 is 26.1 Å². The van der Waals surface area contributed by atoms with Gasteiger partial charge in [0.1, 0.15) is 29.8 Å². The van der Waals surface area contributed by atoms with Gasteiger partial charge >= 0.3 is 11.9 Å². The van der Waals surface area contributed by atoms with Crippen LogP contribution in [0.5, 0.6) is 11.5 Å². The molecule has 208 valence electrons. The average Bonchev–Trinajstić information content (AvgIpc) is 3.08. The Balaban J connectivity index is 2.22. The van der Waals surface area contributed by atoms with E-state index in [1.807, 2.05) is 46.8 Å². The lowest BCUT2D eigenvalue weighted by Gasteiger charge is -2.20. The van der Waals surface area contributed by atoms with E-state index >= 15 is 0 Å². The minimum atomic E-state index is -1.35. The van der Waals surface area contributed by atoms with E-state index < -0.39 is 31.3 Å². The zero-order chi connectivity index (χ0) is 28.0. The van der Waals surface area contributed by atoms with Gasteiger partial charge in [-0.25, -0.2) is 4.79 Å². The van der Waals surface area contributed by atoms with Crippen molar-refractivity contribution in [3.8, 4) is 11.5 Å². The Kier molecular flexibility index (Phi) is 10.4. The van der Waals surface area contributed by atoms with Crippen LogP contribution in [0.4, 0.5) is 0 Å². The van der Waals surface area contributed by atoms with Crippen molar-refractivity contribution in [2.75, 3.05) is 27.4 Å². The lowest BCUT2D eigenvalue weighted by atomic mass is 9.97. The van der Waals surface area contributed by atoms with Gasteiger partial charge in [0.2, 0.25) is 0 Å². The van der Waals surface area contributed by atoms with E-state index in [2.05, 4.69) is 19.6 Å². The second kappa shape index (κ2) is 12.5. The summed E-state index contributed by atoms with van der Waals surface area (Å²) in [5.74, 6) is -0.599. The summed E-state index contributed by atoms with van der Waals surface area (Å²) in [6, 6.07) is 4.31. The fourth-order valence-corrected chi connectivity index (χ4v) is 4.43. The summed E-state index contributed by atoms with van der Waals surface area (Å²) < 4.78 is 34.1. The van der Waals surface area contributed by atoms with Gasteiger partial charge < -0.3 is 28.4 Å². The molecule has 0 radical (unpaired) electrons. The molecule has 1 heterocycles. The average molecular weight is 537 g/mol. The van der Waals surface area contributed by atoms with Gasteiger partial charge in [0.25, 0.3) is 0 Å². The van der Waals surface area contributed by atoms with Crippen LogP contribution in [0.1, 0.15) is 57.0 Å². The highest BCUT2D eigenvalue weighted by Crippen LogP contribution is 2.33. The van der Waals surface area contributed by atoms with Crippen molar-refractivity contribution in [1.82, 2.24) is 0 Å². The lowest BCUT2D eigenvalue weighted by Crippen LogP contribution is -2.32. The predicted octanol–water partition coefficient (Wildman–Crippen LogP) is 5.71. The van der Waals surface area contributed by atoms with E-state index in [-0.39, 0.29) is 18.7 Å². The van der Waals surface area contributed by atoms with Gasteiger partial charge in [-0.05, 0) is 58.7 Å². The number of methoxy groups -OCH3 is 2. The van der Waals surface area contributed by atoms with Gasteiger partial charge in [0.05, 0.1) is 32.3 Å². The molecule has 8 nitrogen and oxygen atoms in total. The van der Waals surface area contributed by atoms with E-state index in [0.29, 0.717) is 35.7 Å². The van der Waals surface area contributed by atoms with Crippen LogP contribution in [0.25, 0.3) is 6.08 Å². The number of rotatable bonds is 11. The van der Waals surface area contributed by atoms with Crippen LogP contribution >= 0.6 is 0 Å². The minimum absolute atomic E-state index is 0.0969. The largest absolute Gasteiger partial charge is 0.497 e. The summed E-state index contributed by atoms with van der Waals surface area (Å²) in [6.45, 7) is 16.2. The van der Waals surface area contributed by atoms with Crippen LogP contribution in [0, 0.1) is 5.41 Å². The zero-order valence-electron chi connectivity index (χ0n) is 24.1. The first-order valence-corrected chi connectivity index (χ1v) is 16.4. The number of ether oxygens (including phenoxy) is 6. The fraction of sp³-hybridized carbons (Fsp3) is 0.643. The SMILES string of the molecule is COc1cc(/C=C/C[C@@H]2OC(C)(C)O[C@@H]2COC(=O)C(C)(C)C)c(C(=O)OCC[Si](C)(C)C)c(OC)c1. The smallest absolute Gasteiger partial charge is 0.342 e. The number of carbonyl (C=O) groups is 2. The summed E-state index contributed by atoms with van der Waals surface area (Å²) in [5.41, 5.74) is 0.355. The maximum absolute atomic E-state index is 13.1. The highest BCUT2D eigenvalue weighted by Gasteiger charge is 2.41. The molecule has 0 aliphatic carbocycles. The maximum atomic E-state index is 13.1. The Hall–Kier alpha value is -2.36. The standard InChI is InChI=1S/C28H44O8Si/c1-27(2,3)26(30)34-18-23-21(35-28(4,5)36-23)13-11-12-19-16-20(31-6)17-22(32-7)24(19)25(29)33-14-15-37(8,9)10/h11-12,16-17,21,23H,13-15,18H2,1-10H3/b12-11+/t21-,23+/m0/s1. The Labute approximate surface area is 222 Å². The Bertz CT molecular complexity index is 972. The molecule has 0 aromatic heterocycles. The van der Waals surface area contributed by atoms with Gasteiger partial charge in [-0.15, -0.1) is 0 Å². The molecule has 1 aromatic carbocycles. The second-order valence-corrected chi connectivity index (χ2v) is 17.6. The highest BCUT2D eigenvalue weighted by atomic mass is 28.3. The number of hydrogen-bond acceptors (Lipinski definition) is 8. The fourth-order valence-electron chi connectivity index (χ4n) is 3.71. The van der Waals surface area contributed by atoms with E-state index in [1.54, 1.807) is 19.2 Å². The number of hydrogen-bond donors (Lipinski definition) is 0. The van der Waals surface area contributed by atoms with Gasteiger partial charge in [0, 0.05) is 14.1 Å². The van der Waals surface area contributed by atoms with Crippen molar-refractivity contribution < 1.29 is 38.0 Å². The van der Waals surface area contributed by atoms with Crippen molar-refractivity contribution in [2.45, 2.75) is 84.7 Å². The van der Waals surface area contributed by atoms with E-state index in [1.165, 1.54) is 7.11 Å². The van der Waals surface area contributed by atoms with Crippen LogP contribution in [-0.4, -0.2) is 65.4 Å². The summed E-state index contributed by atoms with van der Waals surface area (Å²) in [5, 5.41) is 0. The molecule has 1 fully saturated rings. The third-order valence-electron chi connectivity index (χ3n) is 5.79. The number of carbonyl (C=O) groups excluding carboxylic acids is 2. The topological polar surface area (TPSA) is 89.5 Å². The van der Waals surface area contributed by atoms with E-state index in [0.717, 1.165) is 6.04 Å². The Morgan fingerprint density at radius 3 is 2.24 bits per heavy atom. The highest BCUT2D eigenvalue weighted by molar-refractivity contribution is 6.76. The molecular formula is C28H44O8Si. The summed E-state index contributed by atoms with van der Waals surface area (Å²) in [7, 11) is 1.72. The third-order valence-corrected chi connectivity index (χ3v) is 7.50. The van der Waals surface area contributed by atoms with Gasteiger partial charge in [0.15, 0.2) is 5.79 Å². The minimum Gasteiger partial charge on any atom is -0.497 e. The van der Waals surface area contributed by atoms with Crippen LogP contribution < -0.4 is 9.47 Å². The first-order chi connectivity index (χ1) is 17.1. The first-order valence-electron chi connectivity index (χ1n) is 12.7. The molecular weight excluding hydrogens is 492 g/mol. The van der Waals surface area contributed by atoms with Crippen LogP contribution in [0.15, 0.2) is 18.2 Å². The second-order valence-electron chi connectivity index (χ2n) is 11.9. The lowest BCUT2D eigenvalue weighted by molar-refractivity contribution is -0.165. The molecule has 0 unspecified atom stereocenters. The first kappa shape index (κ1) is 30.9. The van der Waals surface area contributed by atoms with Crippen LogP contribution in [0.2, 0.25) is 25.7 Å². The number of esters is 2. The quantitative estimate of drug-likeness (QED) is 0.262. The normalized spacial score (nSPS) is 19.6. The number of benzene rings is 1. The van der Waals surface area contributed by atoms with Crippen LogP contribution in [-0.2, 0) is 23.7 Å². The Morgan fingerprint density at radius 1 is 1.03 bits per heavy atom. The molecule has 0 saturated carbocycles. The molecule has 1 aliphatic heterocycles. The molecule has 37 heavy (non-hydrogen) atoms. The van der Waals surface area contributed by atoms with Crippen molar-refractivity contribution in [1.29, 1.82) is 0 Å². The Morgan fingerprint density at radius 2 is 1.68 bits per heavy atom. The van der Waals surface area contributed by atoms with E-state index in [4.69, 9.17) is 28.4 Å². The molecule has 1 saturated heterocycles. The molecule has 0 spiro atoms. The van der Waals surface area contributed by atoms with Crippen molar-refractivity contribution in [3.05, 3.63) is 29.3 Å².